The Bertz CT molecular complexity index is 3320. The zero-order valence-corrected chi connectivity index (χ0v) is 34.1. The topological polar surface area (TPSA) is 51.8 Å². The minimum atomic E-state index is -0.320. The van der Waals surface area contributed by atoms with Crippen molar-refractivity contribution in [2.45, 2.75) is 51.4 Å². The molecule has 0 aliphatic heterocycles. The molecule has 1 aliphatic rings. The molecule has 0 saturated carbocycles. The number of aromatic nitrogens is 3. The highest BCUT2D eigenvalue weighted by atomic mass is 19.1. The van der Waals surface area contributed by atoms with E-state index >= 15 is 0 Å². The molecule has 0 N–H and O–H groups in total. The summed E-state index contributed by atoms with van der Waals surface area (Å²) in [6.07, 6.45) is 2.37. The number of nitrogens with zero attached hydrogens (tertiary/aromatic N) is 3. The molecular formula is C55H42FN3O. The van der Waals surface area contributed by atoms with Gasteiger partial charge in [-0.15, -0.1) is 0 Å². The Kier molecular flexibility index (Phi) is 8.15. The van der Waals surface area contributed by atoms with E-state index < -0.39 is 0 Å². The quantitative estimate of drug-likeness (QED) is 0.163. The minimum Gasteiger partial charge on any atom is -0.456 e. The smallest absolute Gasteiger partial charge is 0.164 e. The SMILES string of the molecule is CC1(C)CCC(C)(C)c2cc(-c3ccc(-c4cc(-c5nc(-c6ccc(F)cc6)nc(-c6ccc7ccc8ccccc8c7c6)n5)c5c(c4)oc4ccccc45)cc3)ccc21. The number of fused-ring (bicyclic) bond motifs is 7. The number of hydrogen-bond donors (Lipinski definition) is 0. The van der Waals surface area contributed by atoms with Gasteiger partial charge in [-0.1, -0.05) is 137 Å². The Morgan fingerprint density at radius 3 is 1.77 bits per heavy atom. The molecular weight excluding hydrogens is 738 g/mol. The van der Waals surface area contributed by atoms with Gasteiger partial charge in [-0.3, -0.25) is 0 Å². The van der Waals surface area contributed by atoms with E-state index in [9.17, 15) is 4.39 Å². The summed E-state index contributed by atoms with van der Waals surface area (Å²) >= 11 is 0. The van der Waals surface area contributed by atoms with Crippen molar-refractivity contribution >= 4 is 43.5 Å². The standard InChI is InChI=1S/C55H42FN3O/c1-54(2)27-28-55(3,4)47-31-38(23-26-46(47)54)33-13-15-34(16-14-33)40-30-45(50-43-11-7-8-12-48(43)60-49(50)32-40)53-58-51(37-21-24-41(56)25-22-37)57-52(59-53)39-20-19-36-18-17-35-9-5-6-10-42(35)44(36)29-39/h5-26,29-32H,27-28H2,1-4H3. The number of rotatable bonds is 5. The van der Waals surface area contributed by atoms with Crippen LogP contribution in [0.15, 0.2) is 162 Å². The summed E-state index contributed by atoms with van der Waals surface area (Å²) in [5, 5.41) is 6.49. The highest BCUT2D eigenvalue weighted by molar-refractivity contribution is 6.13. The number of benzene rings is 8. The predicted octanol–water partition coefficient (Wildman–Crippen LogP) is 14.9. The molecule has 5 heteroatoms. The van der Waals surface area contributed by atoms with Crippen LogP contribution in [0.25, 0.3) is 99.9 Å². The number of furan rings is 1. The molecule has 60 heavy (non-hydrogen) atoms. The van der Waals surface area contributed by atoms with Crippen molar-refractivity contribution in [2.24, 2.45) is 0 Å². The Morgan fingerprint density at radius 2 is 1.00 bits per heavy atom. The molecule has 8 aromatic carbocycles. The average molecular weight is 780 g/mol. The van der Waals surface area contributed by atoms with Crippen molar-refractivity contribution < 1.29 is 8.81 Å². The summed E-state index contributed by atoms with van der Waals surface area (Å²) in [5.41, 5.74) is 11.6. The van der Waals surface area contributed by atoms with Gasteiger partial charge in [0.25, 0.3) is 0 Å². The zero-order chi connectivity index (χ0) is 40.8. The minimum absolute atomic E-state index is 0.132. The van der Waals surface area contributed by atoms with Crippen molar-refractivity contribution in [1.82, 2.24) is 15.0 Å². The van der Waals surface area contributed by atoms with Crippen molar-refractivity contribution in [3.63, 3.8) is 0 Å². The van der Waals surface area contributed by atoms with Crippen molar-refractivity contribution in [3.8, 4) is 56.4 Å². The van der Waals surface area contributed by atoms with Crippen LogP contribution in [0.2, 0.25) is 0 Å². The number of hydrogen-bond acceptors (Lipinski definition) is 4. The van der Waals surface area contributed by atoms with E-state index in [2.05, 4.69) is 143 Å². The molecule has 0 amide bonds. The summed E-state index contributed by atoms with van der Waals surface area (Å²) in [6.45, 7) is 9.49. The van der Waals surface area contributed by atoms with E-state index in [0.717, 1.165) is 60.4 Å². The zero-order valence-electron chi connectivity index (χ0n) is 34.1. The molecule has 290 valence electrons. The molecule has 0 bridgehead atoms. The highest BCUT2D eigenvalue weighted by Crippen LogP contribution is 2.47. The Labute approximate surface area is 348 Å². The van der Waals surface area contributed by atoms with Crippen LogP contribution in [-0.2, 0) is 10.8 Å². The van der Waals surface area contributed by atoms with E-state index in [1.54, 1.807) is 12.1 Å². The average Bonchev–Trinajstić information content (AvgIpc) is 3.66. The van der Waals surface area contributed by atoms with Crippen LogP contribution in [0.3, 0.4) is 0 Å². The summed E-state index contributed by atoms with van der Waals surface area (Å²) in [5.74, 6) is 1.17. The fourth-order valence-electron chi connectivity index (χ4n) is 9.32. The molecule has 2 aromatic heterocycles. The van der Waals surface area contributed by atoms with Crippen molar-refractivity contribution in [3.05, 3.63) is 175 Å². The second-order valence-electron chi connectivity index (χ2n) is 17.6. The van der Waals surface area contributed by atoms with Crippen LogP contribution in [-0.4, -0.2) is 15.0 Å². The van der Waals surface area contributed by atoms with Crippen LogP contribution in [0.1, 0.15) is 51.7 Å². The fraction of sp³-hybridized carbons (Fsp3) is 0.145. The van der Waals surface area contributed by atoms with Gasteiger partial charge in [0.1, 0.15) is 17.0 Å². The molecule has 2 heterocycles. The van der Waals surface area contributed by atoms with E-state index in [1.165, 1.54) is 52.6 Å². The van der Waals surface area contributed by atoms with E-state index in [0.29, 0.717) is 23.0 Å². The fourth-order valence-corrected chi connectivity index (χ4v) is 9.32. The van der Waals surface area contributed by atoms with E-state index in [1.807, 2.05) is 18.2 Å². The molecule has 10 aromatic rings. The van der Waals surface area contributed by atoms with Crippen molar-refractivity contribution in [1.29, 1.82) is 0 Å². The number of halogens is 1. The van der Waals surface area contributed by atoms with Crippen LogP contribution >= 0.6 is 0 Å². The lowest BCUT2D eigenvalue weighted by Gasteiger charge is -2.42. The maximum absolute atomic E-state index is 14.2. The second-order valence-corrected chi connectivity index (χ2v) is 17.6. The molecule has 0 saturated heterocycles. The first-order valence-corrected chi connectivity index (χ1v) is 20.7. The van der Waals surface area contributed by atoms with Gasteiger partial charge >= 0.3 is 0 Å². The highest BCUT2D eigenvalue weighted by Gasteiger charge is 2.37. The van der Waals surface area contributed by atoms with Gasteiger partial charge in [-0.2, -0.15) is 0 Å². The molecule has 11 rings (SSSR count). The molecule has 4 nitrogen and oxygen atoms in total. The Balaban J connectivity index is 1.08. The van der Waals surface area contributed by atoms with Crippen LogP contribution in [0.5, 0.6) is 0 Å². The van der Waals surface area contributed by atoms with Crippen LogP contribution in [0, 0.1) is 5.82 Å². The molecule has 0 spiro atoms. The molecule has 0 fully saturated rings. The number of para-hydroxylation sites is 1. The first-order valence-electron chi connectivity index (χ1n) is 20.7. The maximum atomic E-state index is 14.2. The molecule has 0 radical (unpaired) electrons. The van der Waals surface area contributed by atoms with Crippen molar-refractivity contribution in [2.75, 3.05) is 0 Å². The maximum Gasteiger partial charge on any atom is 0.164 e. The van der Waals surface area contributed by atoms with Gasteiger partial charge in [0.05, 0.1) is 0 Å². The van der Waals surface area contributed by atoms with Gasteiger partial charge in [0.15, 0.2) is 17.5 Å². The van der Waals surface area contributed by atoms with Gasteiger partial charge < -0.3 is 4.42 Å². The van der Waals surface area contributed by atoms with Gasteiger partial charge in [0, 0.05) is 27.5 Å². The lowest BCUT2D eigenvalue weighted by atomic mass is 9.63. The van der Waals surface area contributed by atoms with Crippen LogP contribution < -0.4 is 0 Å². The Hall–Kier alpha value is -6.98. The molecule has 0 unspecified atom stereocenters. The monoisotopic (exact) mass is 779 g/mol. The third kappa shape index (κ3) is 6.07. The third-order valence-corrected chi connectivity index (χ3v) is 12.9. The first kappa shape index (κ1) is 36.1. The first-order chi connectivity index (χ1) is 29.1. The van der Waals surface area contributed by atoms with Gasteiger partial charge in [-0.05, 0) is 127 Å². The summed E-state index contributed by atoms with van der Waals surface area (Å²) in [4.78, 5) is 15.4. The molecule has 0 atom stereocenters. The lowest BCUT2D eigenvalue weighted by molar-refractivity contribution is 0.332. The summed E-state index contributed by atoms with van der Waals surface area (Å²) < 4.78 is 20.8. The summed E-state index contributed by atoms with van der Waals surface area (Å²) in [7, 11) is 0. The van der Waals surface area contributed by atoms with E-state index in [4.69, 9.17) is 19.4 Å². The Morgan fingerprint density at radius 1 is 0.433 bits per heavy atom. The van der Waals surface area contributed by atoms with Gasteiger partial charge in [0.2, 0.25) is 0 Å². The largest absolute Gasteiger partial charge is 0.456 e. The van der Waals surface area contributed by atoms with E-state index in [-0.39, 0.29) is 16.6 Å². The summed E-state index contributed by atoms with van der Waals surface area (Å²) in [6, 6.07) is 53.6. The second kappa shape index (κ2) is 13.5. The lowest BCUT2D eigenvalue weighted by Crippen LogP contribution is -2.33. The predicted molar refractivity (Wildman–Crippen MR) is 245 cm³/mol. The van der Waals surface area contributed by atoms with Crippen LogP contribution in [0.4, 0.5) is 4.39 Å². The molecule has 1 aliphatic carbocycles. The normalized spacial score (nSPS) is 14.6. The van der Waals surface area contributed by atoms with Gasteiger partial charge in [-0.25, -0.2) is 19.3 Å². The third-order valence-electron chi connectivity index (χ3n) is 12.9.